The molecule has 6 atom stereocenters. The van der Waals surface area contributed by atoms with Gasteiger partial charge in [0.15, 0.2) is 0 Å². The summed E-state index contributed by atoms with van der Waals surface area (Å²) in [6.45, 7) is -0.493. The Morgan fingerprint density at radius 3 is 2.32 bits per heavy atom. The number of hydrogen-bond acceptors (Lipinski definition) is 7. The summed E-state index contributed by atoms with van der Waals surface area (Å²) in [6.07, 6.45) is -5.55. The highest BCUT2D eigenvalue weighted by molar-refractivity contribution is 5.66. The third-order valence-corrected chi connectivity index (χ3v) is 4.36. The van der Waals surface area contributed by atoms with E-state index < -0.39 is 43.1 Å². The van der Waals surface area contributed by atoms with E-state index in [0.717, 1.165) is 5.69 Å². The second-order valence-corrected chi connectivity index (χ2v) is 6.24. The Kier molecular flexibility index (Phi) is 7.15. The number of anilines is 1. The van der Waals surface area contributed by atoms with Crippen molar-refractivity contribution >= 4 is 11.7 Å². The molecule has 0 saturated carbocycles. The SMILES string of the molecule is O=C(O)CCC(C[C@@H]1O[C@H](CO)[C@@H](O)[C@H](O)[C@H]1O)Nc1ccccc1. The largest absolute Gasteiger partial charge is 0.481 e. The summed E-state index contributed by atoms with van der Waals surface area (Å²) >= 11 is 0. The summed E-state index contributed by atoms with van der Waals surface area (Å²) in [6, 6.07) is 8.87. The van der Waals surface area contributed by atoms with E-state index in [1.54, 1.807) is 0 Å². The number of rotatable bonds is 8. The number of hydrogen-bond donors (Lipinski definition) is 6. The number of aliphatic carboxylic acids is 1. The lowest BCUT2D eigenvalue weighted by molar-refractivity contribution is -0.230. The van der Waals surface area contributed by atoms with Crippen molar-refractivity contribution in [3.05, 3.63) is 30.3 Å². The van der Waals surface area contributed by atoms with E-state index in [-0.39, 0.29) is 18.9 Å². The molecule has 0 aromatic heterocycles. The summed E-state index contributed by atoms with van der Waals surface area (Å²) in [5, 5.41) is 51.3. The third-order valence-electron chi connectivity index (χ3n) is 4.36. The quantitative estimate of drug-likeness (QED) is 0.369. The van der Waals surface area contributed by atoms with Crippen LogP contribution in [-0.2, 0) is 9.53 Å². The first-order valence-corrected chi connectivity index (χ1v) is 8.26. The van der Waals surface area contributed by atoms with E-state index in [9.17, 15) is 25.2 Å². The number of carbonyl (C=O) groups is 1. The first kappa shape index (κ1) is 19.6. The van der Waals surface area contributed by atoms with Gasteiger partial charge in [0.05, 0.1) is 12.7 Å². The van der Waals surface area contributed by atoms with Crippen molar-refractivity contribution in [2.45, 2.75) is 55.8 Å². The Morgan fingerprint density at radius 2 is 1.72 bits per heavy atom. The number of carboxylic acid groups (broad SMARTS) is 1. The topological polar surface area (TPSA) is 139 Å². The smallest absolute Gasteiger partial charge is 0.303 e. The van der Waals surface area contributed by atoms with Crippen LogP contribution in [0.25, 0.3) is 0 Å². The van der Waals surface area contributed by atoms with Crippen LogP contribution < -0.4 is 5.32 Å². The maximum Gasteiger partial charge on any atom is 0.303 e. The number of aliphatic hydroxyl groups is 4. The highest BCUT2D eigenvalue weighted by Crippen LogP contribution is 2.26. The molecule has 1 aromatic rings. The molecule has 140 valence electrons. The van der Waals surface area contributed by atoms with Crippen molar-refractivity contribution in [2.75, 3.05) is 11.9 Å². The number of para-hydroxylation sites is 1. The minimum atomic E-state index is -1.44. The maximum absolute atomic E-state index is 10.9. The molecule has 25 heavy (non-hydrogen) atoms. The summed E-state index contributed by atoms with van der Waals surface area (Å²) in [5.74, 6) is -0.936. The van der Waals surface area contributed by atoms with Gasteiger partial charge in [-0.3, -0.25) is 4.79 Å². The van der Waals surface area contributed by atoms with Crippen molar-refractivity contribution in [1.29, 1.82) is 0 Å². The van der Waals surface area contributed by atoms with Gasteiger partial charge in [-0.15, -0.1) is 0 Å². The van der Waals surface area contributed by atoms with Crippen LogP contribution >= 0.6 is 0 Å². The number of carboxylic acids is 1. The molecule has 1 aromatic carbocycles. The number of benzene rings is 1. The molecule has 0 bridgehead atoms. The number of nitrogens with one attached hydrogen (secondary N) is 1. The molecule has 2 rings (SSSR count). The molecular formula is C17H25NO7. The van der Waals surface area contributed by atoms with Crippen LogP contribution in [0, 0.1) is 0 Å². The average molecular weight is 355 g/mol. The lowest BCUT2D eigenvalue weighted by atomic mass is 9.90. The van der Waals surface area contributed by atoms with Crippen LogP contribution in [0.2, 0.25) is 0 Å². The molecule has 0 radical (unpaired) electrons. The van der Waals surface area contributed by atoms with Crippen LogP contribution in [0.15, 0.2) is 30.3 Å². The van der Waals surface area contributed by atoms with Gasteiger partial charge in [-0.05, 0) is 25.0 Å². The van der Waals surface area contributed by atoms with Gasteiger partial charge in [0.1, 0.15) is 24.4 Å². The van der Waals surface area contributed by atoms with E-state index in [1.807, 2.05) is 30.3 Å². The fourth-order valence-corrected chi connectivity index (χ4v) is 2.97. The number of ether oxygens (including phenoxy) is 1. The summed E-state index contributed by atoms with van der Waals surface area (Å²) in [7, 11) is 0. The first-order chi connectivity index (χ1) is 11.9. The first-order valence-electron chi connectivity index (χ1n) is 8.26. The molecule has 1 fully saturated rings. The summed E-state index contributed by atoms with van der Waals surface area (Å²) in [4.78, 5) is 10.9. The molecule has 6 N–H and O–H groups in total. The molecule has 1 heterocycles. The highest BCUT2D eigenvalue weighted by Gasteiger charge is 2.43. The monoisotopic (exact) mass is 355 g/mol. The van der Waals surface area contributed by atoms with Crippen molar-refractivity contribution in [3.8, 4) is 0 Å². The van der Waals surface area contributed by atoms with E-state index in [1.165, 1.54) is 0 Å². The second-order valence-electron chi connectivity index (χ2n) is 6.24. The van der Waals surface area contributed by atoms with Gasteiger partial charge in [0.2, 0.25) is 0 Å². The van der Waals surface area contributed by atoms with Gasteiger partial charge in [0, 0.05) is 18.2 Å². The summed E-state index contributed by atoms with van der Waals surface area (Å²) < 4.78 is 5.51. The van der Waals surface area contributed by atoms with E-state index in [0.29, 0.717) is 6.42 Å². The van der Waals surface area contributed by atoms with Crippen molar-refractivity contribution in [3.63, 3.8) is 0 Å². The lowest BCUT2D eigenvalue weighted by Gasteiger charge is -2.41. The Balaban J connectivity index is 2.07. The molecule has 0 amide bonds. The molecule has 8 nitrogen and oxygen atoms in total. The van der Waals surface area contributed by atoms with Gasteiger partial charge in [-0.1, -0.05) is 18.2 Å². The highest BCUT2D eigenvalue weighted by atomic mass is 16.5. The van der Waals surface area contributed by atoms with Gasteiger partial charge in [0.25, 0.3) is 0 Å². The average Bonchev–Trinajstić information content (AvgIpc) is 2.60. The Hall–Kier alpha value is -1.71. The minimum Gasteiger partial charge on any atom is -0.481 e. The number of aliphatic hydroxyl groups excluding tert-OH is 4. The molecular weight excluding hydrogens is 330 g/mol. The maximum atomic E-state index is 10.9. The zero-order valence-corrected chi connectivity index (χ0v) is 13.7. The van der Waals surface area contributed by atoms with Crippen LogP contribution in [-0.4, -0.2) is 74.7 Å². The van der Waals surface area contributed by atoms with Gasteiger partial charge < -0.3 is 35.6 Å². The second kappa shape index (κ2) is 9.12. The van der Waals surface area contributed by atoms with Crippen molar-refractivity contribution in [1.82, 2.24) is 0 Å². The molecule has 1 aliphatic rings. The van der Waals surface area contributed by atoms with Crippen LogP contribution in [0.5, 0.6) is 0 Å². The zero-order chi connectivity index (χ0) is 18.4. The van der Waals surface area contributed by atoms with E-state index in [2.05, 4.69) is 5.32 Å². The molecule has 0 aliphatic carbocycles. The Morgan fingerprint density at radius 1 is 1.08 bits per heavy atom. The van der Waals surface area contributed by atoms with Crippen molar-refractivity contribution < 1.29 is 35.1 Å². The van der Waals surface area contributed by atoms with Crippen molar-refractivity contribution in [2.24, 2.45) is 0 Å². The van der Waals surface area contributed by atoms with E-state index in [4.69, 9.17) is 9.84 Å². The molecule has 8 heteroatoms. The predicted octanol–water partition coefficient (Wildman–Crippen LogP) is -0.436. The molecule has 1 unspecified atom stereocenters. The molecule has 0 spiro atoms. The summed E-state index contributed by atoms with van der Waals surface area (Å²) in [5.41, 5.74) is 0.794. The normalized spacial score (nSPS) is 30.6. The lowest BCUT2D eigenvalue weighted by Crippen LogP contribution is -2.59. The van der Waals surface area contributed by atoms with Crippen LogP contribution in [0.3, 0.4) is 0 Å². The molecule has 1 aliphatic heterocycles. The van der Waals surface area contributed by atoms with Gasteiger partial charge in [-0.2, -0.15) is 0 Å². The zero-order valence-electron chi connectivity index (χ0n) is 13.7. The fourth-order valence-electron chi connectivity index (χ4n) is 2.97. The van der Waals surface area contributed by atoms with Gasteiger partial charge in [-0.25, -0.2) is 0 Å². The Bertz CT molecular complexity index is 539. The fraction of sp³-hybridized carbons (Fsp3) is 0.588. The standard InChI is InChI=1S/C17H25NO7/c19-9-13-16(23)17(24)15(22)12(25-13)8-11(6-7-14(20)21)18-10-4-2-1-3-5-10/h1-5,11-13,15-19,22-24H,6-9H2,(H,20,21)/t11?,12-,13+,15-,16+,17+/m0/s1. The van der Waals surface area contributed by atoms with Gasteiger partial charge >= 0.3 is 5.97 Å². The Labute approximate surface area is 145 Å². The predicted molar refractivity (Wildman–Crippen MR) is 89.1 cm³/mol. The molecule has 1 saturated heterocycles. The van der Waals surface area contributed by atoms with E-state index >= 15 is 0 Å². The van der Waals surface area contributed by atoms with Crippen LogP contribution in [0.1, 0.15) is 19.3 Å². The third kappa shape index (κ3) is 5.38. The van der Waals surface area contributed by atoms with Crippen LogP contribution in [0.4, 0.5) is 5.69 Å². The minimum absolute atomic E-state index is 0.0675.